The van der Waals surface area contributed by atoms with Crippen LogP contribution in [0.1, 0.15) is 33.3 Å². The van der Waals surface area contributed by atoms with Gasteiger partial charge >= 0.3 is 5.97 Å². The summed E-state index contributed by atoms with van der Waals surface area (Å²) < 4.78 is 5.78. The number of aromatic carboxylic acids is 1. The van der Waals surface area contributed by atoms with Crippen LogP contribution in [0.4, 0.5) is 5.69 Å². The van der Waals surface area contributed by atoms with Crippen molar-refractivity contribution in [2.45, 2.75) is 13.3 Å². The molecule has 4 aromatic rings. The molecule has 0 fully saturated rings. The molecule has 0 aliphatic rings. The van der Waals surface area contributed by atoms with Gasteiger partial charge in [-0.25, -0.2) is 9.78 Å². The molecule has 6 heteroatoms. The van der Waals surface area contributed by atoms with Crippen LogP contribution in [-0.2, 0) is 6.42 Å². The second kappa shape index (κ2) is 8.67. The molecule has 154 valence electrons. The number of benzene rings is 3. The minimum absolute atomic E-state index is 0.161. The highest BCUT2D eigenvalue weighted by Gasteiger charge is 2.21. The second-order valence-electron chi connectivity index (χ2n) is 6.95. The molecule has 6 nitrogen and oxygen atoms in total. The third kappa shape index (κ3) is 4.38. The first kappa shape index (κ1) is 20.1. The predicted molar refractivity (Wildman–Crippen MR) is 118 cm³/mol. The molecule has 0 bridgehead atoms. The molecular weight excluding hydrogens is 392 g/mol. The molecule has 1 aromatic heterocycles. The Bertz CT molecular complexity index is 1210. The van der Waals surface area contributed by atoms with Crippen molar-refractivity contribution in [2.24, 2.45) is 0 Å². The standard InChI is InChI=1S/C25H20N2O4/c1-2-16-8-10-18(11-9-16)23(28)26-20-14-12-17(13-15-20)22-21(25(29)30)27-24(31-22)19-6-4-3-5-7-19/h3-15H,2H2,1H3,(H,26,28)(H,29,30). The third-order valence-corrected chi connectivity index (χ3v) is 4.88. The number of anilines is 1. The summed E-state index contributed by atoms with van der Waals surface area (Å²) in [6.07, 6.45) is 0.912. The number of carboxylic acid groups (broad SMARTS) is 1. The van der Waals surface area contributed by atoms with Gasteiger partial charge in [-0.1, -0.05) is 37.3 Å². The average molecular weight is 412 g/mol. The monoisotopic (exact) mass is 412 g/mol. The lowest BCUT2D eigenvalue weighted by Crippen LogP contribution is -2.11. The number of hydrogen-bond acceptors (Lipinski definition) is 4. The fraction of sp³-hybridized carbons (Fsp3) is 0.0800. The Morgan fingerprint density at radius 1 is 0.903 bits per heavy atom. The SMILES string of the molecule is CCc1ccc(C(=O)Nc2ccc(-c3oc(-c4ccccc4)nc3C(=O)O)cc2)cc1. The molecule has 0 aliphatic carbocycles. The quantitative estimate of drug-likeness (QED) is 0.435. The van der Waals surface area contributed by atoms with E-state index in [0.29, 0.717) is 22.4 Å². The second-order valence-corrected chi connectivity index (χ2v) is 6.95. The third-order valence-electron chi connectivity index (χ3n) is 4.88. The lowest BCUT2D eigenvalue weighted by atomic mass is 10.1. The van der Waals surface area contributed by atoms with Gasteiger partial charge in [-0.15, -0.1) is 0 Å². The van der Waals surface area contributed by atoms with Crippen LogP contribution >= 0.6 is 0 Å². The van der Waals surface area contributed by atoms with Crippen molar-refractivity contribution in [2.75, 3.05) is 5.32 Å². The molecule has 0 saturated carbocycles. The number of nitrogens with zero attached hydrogens (tertiary/aromatic N) is 1. The van der Waals surface area contributed by atoms with Gasteiger partial charge in [0.05, 0.1) is 0 Å². The van der Waals surface area contributed by atoms with E-state index < -0.39 is 5.97 Å². The maximum Gasteiger partial charge on any atom is 0.358 e. The van der Waals surface area contributed by atoms with Gasteiger partial charge < -0.3 is 14.8 Å². The molecular formula is C25H20N2O4. The number of aromatic nitrogens is 1. The van der Waals surface area contributed by atoms with E-state index in [1.807, 2.05) is 30.3 Å². The summed E-state index contributed by atoms with van der Waals surface area (Å²) in [5.41, 5.74) is 3.40. The normalized spacial score (nSPS) is 10.6. The van der Waals surface area contributed by atoms with Gasteiger partial charge in [0, 0.05) is 22.4 Å². The molecule has 2 N–H and O–H groups in total. The summed E-state index contributed by atoms with van der Waals surface area (Å²) in [7, 11) is 0. The summed E-state index contributed by atoms with van der Waals surface area (Å²) >= 11 is 0. The highest BCUT2D eigenvalue weighted by Crippen LogP contribution is 2.30. The van der Waals surface area contributed by atoms with Crippen LogP contribution in [-0.4, -0.2) is 22.0 Å². The van der Waals surface area contributed by atoms with Crippen LogP contribution < -0.4 is 5.32 Å². The first-order valence-electron chi connectivity index (χ1n) is 9.85. The Morgan fingerprint density at radius 2 is 1.58 bits per heavy atom. The van der Waals surface area contributed by atoms with Gasteiger partial charge in [-0.05, 0) is 60.5 Å². The van der Waals surface area contributed by atoms with Gasteiger partial charge in [0.25, 0.3) is 5.91 Å². The van der Waals surface area contributed by atoms with Crippen LogP contribution in [0, 0.1) is 0 Å². The predicted octanol–water partition coefficient (Wildman–Crippen LogP) is 5.52. The minimum atomic E-state index is -1.17. The highest BCUT2D eigenvalue weighted by atomic mass is 16.4. The zero-order chi connectivity index (χ0) is 21.8. The first-order valence-corrected chi connectivity index (χ1v) is 9.85. The smallest absolute Gasteiger partial charge is 0.358 e. The Balaban J connectivity index is 1.57. The molecule has 3 aromatic carbocycles. The molecule has 0 unspecified atom stereocenters. The maximum absolute atomic E-state index is 12.5. The van der Waals surface area contributed by atoms with Crippen LogP contribution in [0.3, 0.4) is 0 Å². The summed E-state index contributed by atoms with van der Waals surface area (Å²) in [6.45, 7) is 2.06. The van der Waals surface area contributed by atoms with Gasteiger partial charge in [0.1, 0.15) is 0 Å². The Labute approximate surface area is 179 Å². The summed E-state index contributed by atoms with van der Waals surface area (Å²) in [5.74, 6) is -0.984. The first-order chi connectivity index (χ1) is 15.0. The van der Waals surface area contributed by atoms with Crippen molar-refractivity contribution in [3.63, 3.8) is 0 Å². The van der Waals surface area contributed by atoms with E-state index >= 15 is 0 Å². The highest BCUT2D eigenvalue weighted by molar-refractivity contribution is 6.04. The van der Waals surface area contributed by atoms with Gasteiger partial charge in [-0.3, -0.25) is 4.79 Å². The number of rotatable bonds is 6. The van der Waals surface area contributed by atoms with Crippen molar-refractivity contribution in [1.29, 1.82) is 0 Å². The van der Waals surface area contributed by atoms with E-state index in [9.17, 15) is 14.7 Å². The largest absolute Gasteiger partial charge is 0.476 e. The van der Waals surface area contributed by atoms with Crippen molar-refractivity contribution in [3.05, 3.63) is 95.7 Å². The molecule has 0 saturated heterocycles. The van der Waals surface area contributed by atoms with E-state index in [1.165, 1.54) is 0 Å². The zero-order valence-corrected chi connectivity index (χ0v) is 16.8. The number of oxazole rings is 1. The molecule has 0 spiro atoms. The lowest BCUT2D eigenvalue weighted by molar-refractivity contribution is 0.0691. The van der Waals surface area contributed by atoms with Crippen molar-refractivity contribution >= 4 is 17.6 Å². The number of aryl methyl sites for hydroxylation is 1. The molecule has 0 radical (unpaired) electrons. The number of carbonyl (C=O) groups is 2. The number of amides is 1. The van der Waals surface area contributed by atoms with Crippen molar-refractivity contribution in [1.82, 2.24) is 4.98 Å². The summed E-state index contributed by atoms with van der Waals surface area (Å²) in [5, 5.41) is 12.4. The molecule has 1 heterocycles. The fourth-order valence-electron chi connectivity index (χ4n) is 3.16. The van der Waals surface area contributed by atoms with Crippen LogP contribution in [0.15, 0.2) is 83.3 Å². The van der Waals surface area contributed by atoms with E-state index in [0.717, 1.165) is 12.0 Å². The minimum Gasteiger partial charge on any atom is -0.476 e. The Kier molecular flexibility index (Phi) is 5.62. The lowest BCUT2D eigenvalue weighted by Gasteiger charge is -2.07. The van der Waals surface area contributed by atoms with Gasteiger partial charge in [-0.2, -0.15) is 0 Å². The molecule has 1 amide bonds. The summed E-state index contributed by atoms with van der Waals surface area (Å²) in [4.78, 5) is 28.3. The van der Waals surface area contributed by atoms with E-state index in [4.69, 9.17) is 4.42 Å². The Hall–Kier alpha value is -4.19. The number of hydrogen-bond donors (Lipinski definition) is 2. The number of carboxylic acids is 1. The van der Waals surface area contributed by atoms with Gasteiger partial charge in [0.2, 0.25) is 5.89 Å². The number of nitrogens with one attached hydrogen (secondary N) is 1. The van der Waals surface area contributed by atoms with E-state index in [-0.39, 0.29) is 23.3 Å². The Morgan fingerprint density at radius 3 is 2.19 bits per heavy atom. The van der Waals surface area contributed by atoms with Crippen molar-refractivity contribution < 1.29 is 19.1 Å². The average Bonchev–Trinajstić information content (AvgIpc) is 3.26. The maximum atomic E-state index is 12.5. The van der Waals surface area contributed by atoms with Crippen LogP contribution in [0.5, 0.6) is 0 Å². The van der Waals surface area contributed by atoms with Crippen LogP contribution in [0.2, 0.25) is 0 Å². The topological polar surface area (TPSA) is 92.4 Å². The molecule has 0 aliphatic heterocycles. The van der Waals surface area contributed by atoms with E-state index in [1.54, 1.807) is 48.5 Å². The van der Waals surface area contributed by atoms with Crippen molar-refractivity contribution in [3.8, 4) is 22.8 Å². The van der Waals surface area contributed by atoms with Gasteiger partial charge in [0.15, 0.2) is 11.5 Å². The van der Waals surface area contributed by atoms with Crippen LogP contribution in [0.25, 0.3) is 22.8 Å². The number of carbonyl (C=O) groups excluding carboxylic acids is 1. The van der Waals surface area contributed by atoms with E-state index in [2.05, 4.69) is 17.2 Å². The molecule has 0 atom stereocenters. The fourth-order valence-corrected chi connectivity index (χ4v) is 3.16. The molecule has 4 rings (SSSR count). The zero-order valence-electron chi connectivity index (χ0n) is 16.8. The summed E-state index contributed by atoms with van der Waals surface area (Å²) in [6, 6.07) is 23.3. The molecule has 31 heavy (non-hydrogen) atoms.